The summed E-state index contributed by atoms with van der Waals surface area (Å²) in [4.78, 5) is 10.1. The molecular weight excluding hydrogens is 218 g/mol. The average Bonchev–Trinajstić information content (AvgIpc) is 2.35. The second-order valence-electron chi connectivity index (χ2n) is 4.34. The highest BCUT2D eigenvalue weighted by molar-refractivity contribution is 5.45. The van der Waals surface area contributed by atoms with Crippen molar-refractivity contribution in [2.45, 2.75) is 37.8 Å². The number of carbonyl (C=O) groups is 1. The van der Waals surface area contributed by atoms with Crippen molar-refractivity contribution in [3.8, 4) is 11.5 Å². The molecule has 4 heteroatoms. The average molecular weight is 235 g/mol. The largest absolute Gasteiger partial charge is 0.490 e. The Balaban J connectivity index is 1.88. The molecule has 1 saturated carbocycles. The van der Waals surface area contributed by atoms with Gasteiger partial charge in [-0.2, -0.15) is 0 Å². The number of hydrogen-bond acceptors (Lipinski definition) is 4. The molecule has 1 aromatic rings. The Morgan fingerprint density at radius 3 is 2.24 bits per heavy atom. The van der Waals surface area contributed by atoms with E-state index in [1.54, 1.807) is 12.1 Å². The van der Waals surface area contributed by atoms with Crippen molar-refractivity contribution < 1.29 is 14.3 Å². The van der Waals surface area contributed by atoms with Gasteiger partial charge in [-0.3, -0.25) is 4.79 Å². The zero-order chi connectivity index (χ0) is 12.1. The maximum Gasteiger partial charge on any atom is 0.298 e. The first kappa shape index (κ1) is 11.9. The first-order chi connectivity index (χ1) is 8.28. The summed E-state index contributed by atoms with van der Waals surface area (Å²) in [5.41, 5.74) is 5.84. The third kappa shape index (κ3) is 3.46. The number of rotatable bonds is 4. The number of ether oxygens (including phenoxy) is 2. The number of benzene rings is 1. The highest BCUT2D eigenvalue weighted by Gasteiger charge is 2.19. The van der Waals surface area contributed by atoms with Gasteiger partial charge in [0, 0.05) is 6.04 Å². The Kier molecular flexibility index (Phi) is 3.98. The molecule has 0 aromatic heterocycles. The smallest absolute Gasteiger partial charge is 0.298 e. The summed E-state index contributed by atoms with van der Waals surface area (Å²) >= 11 is 0. The van der Waals surface area contributed by atoms with E-state index in [1.807, 2.05) is 12.1 Å². The first-order valence-electron chi connectivity index (χ1n) is 5.90. The zero-order valence-corrected chi connectivity index (χ0v) is 9.67. The topological polar surface area (TPSA) is 61.6 Å². The van der Waals surface area contributed by atoms with E-state index in [0.29, 0.717) is 18.3 Å². The lowest BCUT2D eigenvalue weighted by molar-refractivity contribution is -0.120. The summed E-state index contributed by atoms with van der Waals surface area (Å²) in [6, 6.07) is 7.40. The van der Waals surface area contributed by atoms with E-state index >= 15 is 0 Å². The summed E-state index contributed by atoms with van der Waals surface area (Å²) < 4.78 is 10.5. The fraction of sp³-hybridized carbons (Fsp3) is 0.462. The molecule has 1 fully saturated rings. The lowest BCUT2D eigenvalue weighted by Crippen LogP contribution is -2.31. The quantitative estimate of drug-likeness (QED) is 0.809. The second-order valence-corrected chi connectivity index (χ2v) is 4.34. The molecule has 2 N–H and O–H groups in total. The van der Waals surface area contributed by atoms with Gasteiger partial charge < -0.3 is 15.2 Å². The van der Waals surface area contributed by atoms with Gasteiger partial charge in [0.15, 0.2) is 0 Å². The molecule has 0 unspecified atom stereocenters. The molecule has 4 nitrogen and oxygen atoms in total. The number of carbonyl (C=O) groups excluding carboxylic acids is 1. The maximum absolute atomic E-state index is 10.1. The summed E-state index contributed by atoms with van der Waals surface area (Å²) in [5.74, 6) is 1.33. The van der Waals surface area contributed by atoms with E-state index in [1.165, 1.54) is 0 Å². The van der Waals surface area contributed by atoms with Gasteiger partial charge in [0.05, 0.1) is 6.10 Å². The summed E-state index contributed by atoms with van der Waals surface area (Å²) in [5, 5.41) is 0. The highest BCUT2D eigenvalue weighted by Crippen LogP contribution is 2.24. The van der Waals surface area contributed by atoms with Gasteiger partial charge in [0.1, 0.15) is 11.5 Å². The molecule has 0 radical (unpaired) electrons. The fourth-order valence-electron chi connectivity index (χ4n) is 2.05. The Morgan fingerprint density at radius 2 is 1.65 bits per heavy atom. The second kappa shape index (κ2) is 5.68. The van der Waals surface area contributed by atoms with E-state index in [4.69, 9.17) is 15.2 Å². The van der Waals surface area contributed by atoms with E-state index in [9.17, 15) is 4.79 Å². The van der Waals surface area contributed by atoms with Crippen molar-refractivity contribution in [2.75, 3.05) is 0 Å². The number of nitrogens with two attached hydrogens (primary N) is 1. The van der Waals surface area contributed by atoms with Crippen LogP contribution in [-0.2, 0) is 4.79 Å². The van der Waals surface area contributed by atoms with E-state index in [2.05, 4.69) is 0 Å². The first-order valence-corrected chi connectivity index (χ1v) is 5.90. The van der Waals surface area contributed by atoms with Crippen LogP contribution < -0.4 is 15.2 Å². The van der Waals surface area contributed by atoms with Gasteiger partial charge in [-0.15, -0.1) is 0 Å². The molecule has 2 rings (SSSR count). The number of hydrogen-bond donors (Lipinski definition) is 1. The Labute approximate surface area is 101 Å². The van der Waals surface area contributed by atoms with Gasteiger partial charge in [0.2, 0.25) is 0 Å². The molecule has 0 saturated heterocycles. The Hall–Kier alpha value is -1.55. The van der Waals surface area contributed by atoms with E-state index in [0.717, 1.165) is 31.4 Å². The summed E-state index contributed by atoms with van der Waals surface area (Å²) in [6.45, 7) is 0.415. The van der Waals surface area contributed by atoms with Crippen molar-refractivity contribution in [3.63, 3.8) is 0 Å². The van der Waals surface area contributed by atoms with Crippen molar-refractivity contribution in [1.82, 2.24) is 0 Å². The standard InChI is InChI=1S/C13H17NO3/c14-10-1-3-12(4-2-10)17-13-7-5-11(6-8-13)16-9-15/h5-10,12H,1-4,14H2/t10-,12-. The molecule has 0 aliphatic heterocycles. The predicted molar refractivity (Wildman–Crippen MR) is 64.0 cm³/mol. The van der Waals surface area contributed by atoms with Gasteiger partial charge in [-0.25, -0.2) is 0 Å². The van der Waals surface area contributed by atoms with Crippen LogP contribution in [0.4, 0.5) is 0 Å². The third-order valence-electron chi connectivity index (χ3n) is 3.03. The van der Waals surface area contributed by atoms with Crippen LogP contribution in [0.25, 0.3) is 0 Å². The zero-order valence-electron chi connectivity index (χ0n) is 9.67. The molecule has 1 aromatic carbocycles. The lowest BCUT2D eigenvalue weighted by Gasteiger charge is -2.26. The van der Waals surface area contributed by atoms with Crippen LogP contribution in [-0.4, -0.2) is 18.6 Å². The summed E-state index contributed by atoms with van der Waals surface area (Å²) in [6.07, 6.45) is 4.32. The van der Waals surface area contributed by atoms with E-state index < -0.39 is 0 Å². The maximum atomic E-state index is 10.1. The molecule has 92 valence electrons. The minimum Gasteiger partial charge on any atom is -0.490 e. The van der Waals surface area contributed by atoms with Crippen LogP contribution in [0.1, 0.15) is 25.7 Å². The molecular formula is C13H17NO3. The van der Waals surface area contributed by atoms with Crippen LogP contribution in [0, 0.1) is 0 Å². The molecule has 17 heavy (non-hydrogen) atoms. The molecule has 0 bridgehead atoms. The SMILES string of the molecule is N[C@H]1CC[C@H](Oc2ccc(OC=O)cc2)CC1. The normalized spacial score (nSPS) is 24.1. The minimum absolute atomic E-state index is 0.257. The van der Waals surface area contributed by atoms with Crippen molar-refractivity contribution >= 4 is 6.47 Å². The molecule has 1 aliphatic carbocycles. The minimum atomic E-state index is 0.257. The van der Waals surface area contributed by atoms with Gasteiger partial charge >= 0.3 is 0 Å². The van der Waals surface area contributed by atoms with Gasteiger partial charge in [0.25, 0.3) is 6.47 Å². The predicted octanol–water partition coefficient (Wildman–Crippen LogP) is 1.87. The molecule has 0 amide bonds. The Morgan fingerprint density at radius 1 is 1.06 bits per heavy atom. The van der Waals surface area contributed by atoms with Crippen LogP contribution in [0.5, 0.6) is 11.5 Å². The Bertz CT molecular complexity index is 355. The van der Waals surface area contributed by atoms with Crippen LogP contribution in [0.3, 0.4) is 0 Å². The van der Waals surface area contributed by atoms with Crippen molar-refractivity contribution in [3.05, 3.63) is 24.3 Å². The fourth-order valence-corrected chi connectivity index (χ4v) is 2.05. The van der Waals surface area contributed by atoms with Gasteiger partial charge in [-0.1, -0.05) is 0 Å². The lowest BCUT2D eigenvalue weighted by atomic mass is 9.94. The van der Waals surface area contributed by atoms with Crippen LogP contribution in [0.2, 0.25) is 0 Å². The molecule has 0 heterocycles. The van der Waals surface area contributed by atoms with Crippen LogP contribution in [0.15, 0.2) is 24.3 Å². The van der Waals surface area contributed by atoms with Crippen LogP contribution >= 0.6 is 0 Å². The summed E-state index contributed by atoms with van der Waals surface area (Å²) in [7, 11) is 0. The van der Waals surface area contributed by atoms with Crippen molar-refractivity contribution in [1.29, 1.82) is 0 Å². The third-order valence-corrected chi connectivity index (χ3v) is 3.03. The molecule has 0 atom stereocenters. The van der Waals surface area contributed by atoms with Crippen molar-refractivity contribution in [2.24, 2.45) is 5.73 Å². The monoisotopic (exact) mass is 235 g/mol. The molecule has 1 aliphatic rings. The van der Waals surface area contributed by atoms with E-state index in [-0.39, 0.29) is 6.10 Å². The highest BCUT2D eigenvalue weighted by atomic mass is 16.5. The van der Waals surface area contributed by atoms with Gasteiger partial charge in [-0.05, 0) is 49.9 Å². The molecule has 0 spiro atoms.